The van der Waals surface area contributed by atoms with Crippen molar-refractivity contribution in [1.29, 1.82) is 0 Å². The van der Waals surface area contributed by atoms with E-state index < -0.39 is 0 Å². The van der Waals surface area contributed by atoms with Crippen molar-refractivity contribution in [3.63, 3.8) is 0 Å². The molecule has 152 valence electrons. The number of thiazole rings is 1. The zero-order valence-electron chi connectivity index (χ0n) is 18.3. The summed E-state index contributed by atoms with van der Waals surface area (Å²) in [6.07, 6.45) is 2.23. The number of hydrogen-bond acceptors (Lipinski definition) is 5. The maximum absolute atomic E-state index is 4.99. The van der Waals surface area contributed by atoms with Gasteiger partial charge in [-0.2, -0.15) is 5.10 Å². The van der Waals surface area contributed by atoms with Crippen LogP contribution in [0.15, 0.2) is 12.1 Å². The van der Waals surface area contributed by atoms with Gasteiger partial charge in [-0.25, -0.2) is 14.5 Å². The second-order valence-corrected chi connectivity index (χ2v) is 10.1. The van der Waals surface area contributed by atoms with Crippen LogP contribution in [0.4, 0.5) is 0 Å². The molecule has 0 saturated carbocycles. The largest absolute Gasteiger partial charge is 0.246 e. The Morgan fingerprint density at radius 2 is 1.62 bits per heavy atom. The molecule has 4 aromatic rings. The summed E-state index contributed by atoms with van der Waals surface area (Å²) in [5, 5.41) is 5.99. The van der Waals surface area contributed by atoms with Gasteiger partial charge in [0, 0.05) is 10.4 Å². The molecular weight excluding hydrogens is 396 g/mol. The Bertz CT molecular complexity index is 1190. The summed E-state index contributed by atoms with van der Waals surface area (Å²) in [5.41, 5.74) is 7.93. The predicted octanol–water partition coefficient (Wildman–Crippen LogP) is 7.03. The Kier molecular flexibility index (Phi) is 5.34. The standard InChI is InChI=1S/C23H28N4S2/c1-8-17(9-2)18-11-13(4)26-27-20(14(5)25-23(18)27)21-12(3)10-19(29-21)22-15(6)24-16(7)28-22/h10-11,17H,8-9H2,1-7H3. The SMILES string of the molecule is CCC(CC)c1cc(C)nn2c(-c3sc(-c4sc(C)nc4C)cc3C)c(C)nc12. The first-order valence-electron chi connectivity index (χ1n) is 10.3. The van der Waals surface area contributed by atoms with Crippen LogP contribution in [0.25, 0.3) is 26.0 Å². The minimum absolute atomic E-state index is 0.511. The summed E-state index contributed by atoms with van der Waals surface area (Å²) in [5.74, 6) is 0.511. The Balaban J connectivity index is 1.93. The van der Waals surface area contributed by atoms with E-state index in [0.29, 0.717) is 5.92 Å². The summed E-state index contributed by atoms with van der Waals surface area (Å²) in [7, 11) is 0. The highest BCUT2D eigenvalue weighted by Gasteiger charge is 2.22. The molecule has 4 nitrogen and oxygen atoms in total. The van der Waals surface area contributed by atoms with Gasteiger partial charge in [0.25, 0.3) is 0 Å². The van der Waals surface area contributed by atoms with Crippen molar-refractivity contribution in [3.05, 3.63) is 45.3 Å². The molecule has 0 atom stereocenters. The van der Waals surface area contributed by atoms with Crippen LogP contribution in [0.2, 0.25) is 0 Å². The van der Waals surface area contributed by atoms with E-state index in [9.17, 15) is 0 Å². The minimum Gasteiger partial charge on any atom is -0.246 e. The molecular formula is C23H28N4S2. The van der Waals surface area contributed by atoms with Crippen LogP contribution in [-0.2, 0) is 0 Å². The highest BCUT2D eigenvalue weighted by Crippen LogP contribution is 2.42. The summed E-state index contributed by atoms with van der Waals surface area (Å²) in [6.45, 7) is 15.1. The van der Waals surface area contributed by atoms with E-state index in [2.05, 4.69) is 70.1 Å². The maximum Gasteiger partial charge on any atom is 0.158 e. The summed E-state index contributed by atoms with van der Waals surface area (Å²) < 4.78 is 2.09. The van der Waals surface area contributed by atoms with Crippen LogP contribution in [0.1, 0.15) is 65.8 Å². The Hall–Kier alpha value is -2.05. The van der Waals surface area contributed by atoms with Crippen molar-refractivity contribution in [2.75, 3.05) is 0 Å². The van der Waals surface area contributed by atoms with E-state index in [1.807, 2.05) is 11.3 Å². The van der Waals surface area contributed by atoms with Crippen molar-refractivity contribution >= 4 is 28.3 Å². The highest BCUT2D eigenvalue weighted by molar-refractivity contribution is 7.24. The quantitative estimate of drug-likeness (QED) is 0.345. The van der Waals surface area contributed by atoms with Gasteiger partial charge in [-0.15, -0.1) is 22.7 Å². The van der Waals surface area contributed by atoms with Gasteiger partial charge in [0.05, 0.1) is 31.8 Å². The number of aryl methyl sites for hydroxylation is 5. The van der Waals surface area contributed by atoms with Gasteiger partial charge in [0.1, 0.15) is 5.69 Å². The number of fused-ring (bicyclic) bond motifs is 1. The molecule has 0 N–H and O–H groups in total. The lowest BCUT2D eigenvalue weighted by molar-refractivity contribution is 0.638. The first-order chi connectivity index (χ1) is 13.8. The molecule has 4 aromatic heterocycles. The smallest absolute Gasteiger partial charge is 0.158 e. The van der Waals surface area contributed by atoms with Crippen molar-refractivity contribution in [2.24, 2.45) is 0 Å². The molecule has 0 amide bonds. The van der Waals surface area contributed by atoms with Gasteiger partial charge in [-0.1, -0.05) is 13.8 Å². The normalized spacial score (nSPS) is 11.9. The topological polar surface area (TPSA) is 43.1 Å². The van der Waals surface area contributed by atoms with Crippen molar-refractivity contribution in [2.45, 2.75) is 67.2 Å². The number of imidazole rings is 1. The van der Waals surface area contributed by atoms with Gasteiger partial charge in [-0.05, 0) is 71.1 Å². The van der Waals surface area contributed by atoms with Crippen molar-refractivity contribution in [1.82, 2.24) is 19.6 Å². The lowest BCUT2D eigenvalue weighted by Crippen LogP contribution is -2.05. The van der Waals surface area contributed by atoms with Crippen LogP contribution in [0.3, 0.4) is 0 Å². The number of nitrogens with zero attached hydrogens (tertiary/aromatic N) is 4. The van der Waals surface area contributed by atoms with E-state index >= 15 is 0 Å². The zero-order chi connectivity index (χ0) is 20.9. The van der Waals surface area contributed by atoms with Crippen LogP contribution in [0, 0.1) is 34.6 Å². The van der Waals surface area contributed by atoms with Crippen molar-refractivity contribution < 1.29 is 0 Å². The average molecular weight is 425 g/mol. The first-order valence-corrected chi connectivity index (χ1v) is 11.9. The van der Waals surface area contributed by atoms with Gasteiger partial charge in [0.15, 0.2) is 5.65 Å². The Labute approximate surface area is 180 Å². The lowest BCUT2D eigenvalue weighted by atomic mass is 9.95. The molecule has 4 heterocycles. The van der Waals surface area contributed by atoms with Crippen LogP contribution >= 0.6 is 22.7 Å². The molecule has 0 unspecified atom stereocenters. The van der Waals surface area contributed by atoms with E-state index in [-0.39, 0.29) is 0 Å². The monoisotopic (exact) mass is 424 g/mol. The number of rotatable bonds is 5. The molecule has 0 bridgehead atoms. The fraction of sp³-hybridized carbons (Fsp3) is 0.435. The first kappa shape index (κ1) is 20.2. The van der Waals surface area contributed by atoms with Crippen molar-refractivity contribution in [3.8, 4) is 20.3 Å². The highest BCUT2D eigenvalue weighted by atomic mass is 32.1. The van der Waals surface area contributed by atoms with E-state index in [4.69, 9.17) is 10.1 Å². The molecule has 0 saturated heterocycles. The van der Waals surface area contributed by atoms with E-state index in [0.717, 1.165) is 46.3 Å². The van der Waals surface area contributed by atoms with E-state index in [1.165, 1.54) is 25.8 Å². The number of hydrogen-bond donors (Lipinski definition) is 0. The fourth-order valence-corrected chi connectivity index (χ4v) is 6.48. The molecule has 0 spiro atoms. The number of aromatic nitrogens is 4. The third-order valence-corrected chi connectivity index (χ3v) is 8.09. The molecule has 4 rings (SSSR count). The Morgan fingerprint density at radius 1 is 0.897 bits per heavy atom. The molecule has 0 aromatic carbocycles. The molecule has 0 fully saturated rings. The average Bonchev–Trinajstić information content (AvgIpc) is 3.30. The predicted molar refractivity (Wildman–Crippen MR) is 124 cm³/mol. The van der Waals surface area contributed by atoms with Crippen LogP contribution in [0.5, 0.6) is 0 Å². The molecule has 0 aliphatic rings. The molecule has 0 aliphatic carbocycles. The molecule has 6 heteroatoms. The van der Waals surface area contributed by atoms with Gasteiger partial charge in [0.2, 0.25) is 0 Å². The molecule has 0 aliphatic heterocycles. The van der Waals surface area contributed by atoms with E-state index in [1.54, 1.807) is 11.3 Å². The fourth-order valence-electron chi connectivity index (χ4n) is 4.16. The molecule has 0 radical (unpaired) electrons. The third kappa shape index (κ3) is 3.42. The zero-order valence-corrected chi connectivity index (χ0v) is 19.9. The summed E-state index contributed by atoms with van der Waals surface area (Å²) in [6, 6.07) is 4.51. The van der Waals surface area contributed by atoms with Gasteiger partial charge in [-0.3, -0.25) is 0 Å². The number of thiophene rings is 1. The maximum atomic E-state index is 4.99. The minimum atomic E-state index is 0.511. The van der Waals surface area contributed by atoms with Crippen LogP contribution in [-0.4, -0.2) is 19.6 Å². The second kappa shape index (κ2) is 7.65. The van der Waals surface area contributed by atoms with Crippen LogP contribution < -0.4 is 0 Å². The summed E-state index contributed by atoms with van der Waals surface area (Å²) in [4.78, 5) is 13.4. The molecule has 29 heavy (non-hydrogen) atoms. The van der Waals surface area contributed by atoms with Gasteiger partial charge >= 0.3 is 0 Å². The second-order valence-electron chi connectivity index (χ2n) is 7.81. The lowest BCUT2D eigenvalue weighted by Gasteiger charge is -2.14. The third-order valence-electron chi connectivity index (χ3n) is 5.59. The van der Waals surface area contributed by atoms with Gasteiger partial charge < -0.3 is 0 Å². The summed E-state index contributed by atoms with van der Waals surface area (Å²) >= 11 is 3.60. The Morgan fingerprint density at radius 3 is 2.24 bits per heavy atom.